The molecule has 9 nitrogen and oxygen atoms in total. The molecule has 0 aliphatic heterocycles. The fourth-order valence-electron chi connectivity index (χ4n) is 4.98. The first kappa shape index (κ1) is 51.9. The summed E-state index contributed by atoms with van der Waals surface area (Å²) >= 11 is 0. The summed E-state index contributed by atoms with van der Waals surface area (Å²) in [6.45, 7) is 3.47. The van der Waals surface area contributed by atoms with Gasteiger partial charge in [-0.25, -0.2) is 4.57 Å². The Morgan fingerprint density at radius 1 is 0.582 bits per heavy atom. The van der Waals surface area contributed by atoms with Crippen molar-refractivity contribution in [1.29, 1.82) is 0 Å². The number of hydrogen-bond donors (Lipinski definition) is 2. The fraction of sp³-hybridized carbons (Fsp3) is 0.600. The second kappa shape index (κ2) is 40.6. The Labute approximate surface area is 334 Å². The van der Waals surface area contributed by atoms with Crippen molar-refractivity contribution in [3.8, 4) is 0 Å². The van der Waals surface area contributed by atoms with Gasteiger partial charge >= 0.3 is 19.8 Å². The standard InChI is InChI=1S/C45H74NO8P/c1-3-5-7-9-11-13-15-17-19-20-21-22-24-25-27-29-31-33-35-37-44(47)51-41-43(42-53-55(49,50)52-40-39-46)54-45(48)38-36-34-32-30-28-26-23-18-16-14-12-10-8-6-4-2/h6,8,10-14,16-19,21-23,25,27,43H,3-5,7,9,15,20,24,26,28-42,46H2,1-2H3,(H,49,50)/b8-6+,12-10+,13-11+,16-14+,19-17+,22-21+,23-18+,27-25+/t43-/m1/s1. The third-order valence-corrected chi connectivity index (χ3v) is 9.03. The van der Waals surface area contributed by atoms with Crippen LogP contribution in [0.25, 0.3) is 0 Å². The predicted molar refractivity (Wildman–Crippen MR) is 228 cm³/mol. The average Bonchev–Trinajstić information content (AvgIpc) is 3.17. The van der Waals surface area contributed by atoms with Crippen LogP contribution in [-0.4, -0.2) is 49.3 Å². The predicted octanol–water partition coefficient (Wildman–Crippen LogP) is 11.8. The molecule has 0 aliphatic rings. The third kappa shape index (κ3) is 40.4. The van der Waals surface area contributed by atoms with Gasteiger partial charge in [0.05, 0.1) is 13.2 Å². The van der Waals surface area contributed by atoms with Gasteiger partial charge in [0.25, 0.3) is 0 Å². The van der Waals surface area contributed by atoms with Gasteiger partial charge in [0, 0.05) is 19.4 Å². The highest BCUT2D eigenvalue weighted by atomic mass is 31.2. The highest BCUT2D eigenvalue weighted by Gasteiger charge is 2.25. The number of phosphoric ester groups is 1. The molecule has 312 valence electrons. The molecule has 0 aromatic rings. The number of esters is 2. The number of unbranched alkanes of at least 4 members (excludes halogenated alkanes) is 11. The van der Waals surface area contributed by atoms with Gasteiger partial charge in [0.15, 0.2) is 6.10 Å². The molecule has 3 N–H and O–H groups in total. The lowest BCUT2D eigenvalue weighted by atomic mass is 10.1. The lowest BCUT2D eigenvalue weighted by Crippen LogP contribution is -2.29. The Kier molecular flexibility index (Phi) is 38.3. The number of nitrogens with two attached hydrogens (primary N) is 1. The molecule has 0 radical (unpaired) electrons. The summed E-state index contributed by atoms with van der Waals surface area (Å²) in [5, 5.41) is 0. The van der Waals surface area contributed by atoms with Crippen molar-refractivity contribution in [2.24, 2.45) is 5.73 Å². The van der Waals surface area contributed by atoms with Crippen LogP contribution < -0.4 is 5.73 Å². The molecule has 0 spiro atoms. The maximum absolute atomic E-state index is 12.6. The smallest absolute Gasteiger partial charge is 0.462 e. The molecule has 0 fully saturated rings. The van der Waals surface area contributed by atoms with Crippen LogP contribution in [0.1, 0.15) is 142 Å². The number of ether oxygens (including phenoxy) is 2. The Morgan fingerprint density at radius 3 is 1.67 bits per heavy atom. The second-order valence-electron chi connectivity index (χ2n) is 13.2. The molecule has 0 aromatic carbocycles. The summed E-state index contributed by atoms with van der Waals surface area (Å²) in [5.41, 5.74) is 5.34. The van der Waals surface area contributed by atoms with Gasteiger partial charge in [-0.2, -0.15) is 0 Å². The topological polar surface area (TPSA) is 134 Å². The molecule has 0 saturated carbocycles. The Morgan fingerprint density at radius 2 is 1.07 bits per heavy atom. The van der Waals surface area contributed by atoms with Crippen molar-refractivity contribution in [3.63, 3.8) is 0 Å². The number of allylic oxidation sites excluding steroid dienone is 16. The minimum atomic E-state index is -4.40. The number of rotatable bonds is 37. The first-order chi connectivity index (χ1) is 26.8. The van der Waals surface area contributed by atoms with Crippen molar-refractivity contribution < 1.29 is 37.6 Å². The number of carbonyl (C=O) groups excluding carboxylic acids is 2. The van der Waals surface area contributed by atoms with Crippen LogP contribution >= 0.6 is 7.82 Å². The molecule has 0 bridgehead atoms. The Hall–Kier alpha value is -3.07. The normalized spacial score (nSPS) is 14.3. The highest BCUT2D eigenvalue weighted by molar-refractivity contribution is 7.47. The van der Waals surface area contributed by atoms with E-state index in [4.69, 9.17) is 24.3 Å². The van der Waals surface area contributed by atoms with E-state index in [1.54, 1.807) is 0 Å². The first-order valence-electron chi connectivity index (χ1n) is 20.8. The summed E-state index contributed by atoms with van der Waals surface area (Å²) in [5.74, 6) is -0.904. The largest absolute Gasteiger partial charge is 0.472 e. The van der Waals surface area contributed by atoms with Crippen molar-refractivity contribution in [3.05, 3.63) is 97.2 Å². The molecule has 0 heterocycles. The van der Waals surface area contributed by atoms with Gasteiger partial charge in [-0.05, 0) is 77.0 Å². The van der Waals surface area contributed by atoms with Gasteiger partial charge in [-0.15, -0.1) is 0 Å². The number of phosphoric acid groups is 1. The van der Waals surface area contributed by atoms with Crippen molar-refractivity contribution in [1.82, 2.24) is 0 Å². The van der Waals surface area contributed by atoms with Crippen LogP contribution in [0.5, 0.6) is 0 Å². The zero-order chi connectivity index (χ0) is 40.3. The van der Waals surface area contributed by atoms with E-state index in [0.29, 0.717) is 12.8 Å². The van der Waals surface area contributed by atoms with Crippen LogP contribution in [0.15, 0.2) is 97.2 Å². The van der Waals surface area contributed by atoms with E-state index < -0.39 is 32.5 Å². The lowest BCUT2D eigenvalue weighted by molar-refractivity contribution is -0.161. The summed E-state index contributed by atoms with van der Waals surface area (Å²) in [6.07, 6.45) is 51.5. The van der Waals surface area contributed by atoms with Crippen molar-refractivity contribution in [2.45, 2.75) is 148 Å². The third-order valence-electron chi connectivity index (χ3n) is 8.05. The van der Waals surface area contributed by atoms with Gasteiger partial charge in [-0.3, -0.25) is 18.6 Å². The summed E-state index contributed by atoms with van der Waals surface area (Å²) < 4.78 is 32.7. The van der Waals surface area contributed by atoms with E-state index in [2.05, 4.69) is 80.7 Å². The molecule has 0 saturated heterocycles. The summed E-state index contributed by atoms with van der Waals surface area (Å²) in [7, 11) is -4.40. The van der Waals surface area contributed by atoms with Gasteiger partial charge in [-0.1, -0.05) is 150 Å². The molecule has 55 heavy (non-hydrogen) atoms. The fourth-order valence-corrected chi connectivity index (χ4v) is 5.74. The molecule has 10 heteroatoms. The quantitative estimate of drug-likeness (QED) is 0.0207. The van der Waals surface area contributed by atoms with E-state index in [1.165, 1.54) is 25.7 Å². The van der Waals surface area contributed by atoms with Crippen LogP contribution in [0.4, 0.5) is 0 Å². The number of carbonyl (C=O) groups is 2. The van der Waals surface area contributed by atoms with Crippen LogP contribution in [0.2, 0.25) is 0 Å². The Balaban J connectivity index is 4.30. The second-order valence-corrected chi connectivity index (χ2v) is 14.7. The van der Waals surface area contributed by atoms with Crippen LogP contribution in [-0.2, 0) is 32.7 Å². The average molecular weight is 788 g/mol. The molecular weight excluding hydrogens is 713 g/mol. The molecule has 0 rings (SSSR count). The van der Waals surface area contributed by atoms with Crippen LogP contribution in [0, 0.1) is 0 Å². The van der Waals surface area contributed by atoms with Gasteiger partial charge in [0.2, 0.25) is 0 Å². The molecular formula is C45H74NO8P. The lowest BCUT2D eigenvalue weighted by Gasteiger charge is -2.19. The first-order valence-corrected chi connectivity index (χ1v) is 22.3. The molecule has 1 unspecified atom stereocenters. The van der Waals surface area contributed by atoms with E-state index in [0.717, 1.165) is 77.0 Å². The summed E-state index contributed by atoms with van der Waals surface area (Å²) in [4.78, 5) is 34.8. The maximum Gasteiger partial charge on any atom is 0.472 e. The number of hydrogen-bond acceptors (Lipinski definition) is 8. The van der Waals surface area contributed by atoms with E-state index in [1.807, 2.05) is 30.4 Å². The van der Waals surface area contributed by atoms with E-state index >= 15 is 0 Å². The maximum atomic E-state index is 12.6. The van der Waals surface area contributed by atoms with Crippen LogP contribution in [0.3, 0.4) is 0 Å². The molecule has 0 aliphatic carbocycles. The van der Waals surface area contributed by atoms with E-state index in [-0.39, 0.29) is 32.6 Å². The zero-order valence-electron chi connectivity index (χ0n) is 34.1. The van der Waals surface area contributed by atoms with Gasteiger partial charge < -0.3 is 20.1 Å². The minimum Gasteiger partial charge on any atom is -0.462 e. The SMILES string of the molecule is CC/C=C/C=C/C=C/C=C/CCCCCCCC(=O)O[C@H](COC(=O)CCCCC/C=C/C/C=C/C/C=C/C/C=C/CCCCC)COP(=O)(O)OCCN. The monoisotopic (exact) mass is 788 g/mol. The summed E-state index contributed by atoms with van der Waals surface area (Å²) in [6, 6.07) is 0. The highest BCUT2D eigenvalue weighted by Crippen LogP contribution is 2.43. The zero-order valence-corrected chi connectivity index (χ0v) is 35.0. The molecule has 0 amide bonds. The van der Waals surface area contributed by atoms with E-state index in [9.17, 15) is 19.0 Å². The molecule has 2 atom stereocenters. The molecule has 0 aromatic heterocycles. The van der Waals surface area contributed by atoms with Gasteiger partial charge in [0.1, 0.15) is 6.61 Å². The van der Waals surface area contributed by atoms with Crippen molar-refractivity contribution >= 4 is 19.8 Å². The van der Waals surface area contributed by atoms with Crippen molar-refractivity contribution in [2.75, 3.05) is 26.4 Å². The minimum absolute atomic E-state index is 0.0385. The Bertz CT molecular complexity index is 1220.